The van der Waals surface area contributed by atoms with Crippen LogP contribution in [0.2, 0.25) is 0 Å². The minimum absolute atomic E-state index is 0.149. The monoisotopic (exact) mass is 198 g/mol. The molecule has 1 fully saturated rings. The van der Waals surface area contributed by atoms with E-state index in [-0.39, 0.29) is 17.8 Å². The summed E-state index contributed by atoms with van der Waals surface area (Å²) in [4.78, 5) is 21.9. The molecule has 1 aliphatic carbocycles. The van der Waals surface area contributed by atoms with E-state index < -0.39 is 5.97 Å². The Morgan fingerprint density at radius 2 is 1.71 bits per heavy atom. The van der Waals surface area contributed by atoms with E-state index in [1.807, 2.05) is 0 Å². The minimum Gasteiger partial charge on any atom is -0.481 e. The zero-order valence-electron chi connectivity index (χ0n) is 7.94. The van der Waals surface area contributed by atoms with E-state index in [2.05, 4.69) is 11.3 Å². The van der Waals surface area contributed by atoms with Gasteiger partial charge in [-0.3, -0.25) is 9.59 Å². The van der Waals surface area contributed by atoms with Gasteiger partial charge in [0, 0.05) is 0 Å². The molecule has 0 aromatic carbocycles. The molecule has 1 N–H and O–H groups in total. The number of carboxylic acids is 1. The number of carboxylic acid groups (broad SMARTS) is 1. The molecule has 1 saturated carbocycles. The predicted molar refractivity (Wildman–Crippen MR) is 49.4 cm³/mol. The first-order chi connectivity index (χ1) is 6.65. The summed E-state index contributed by atoms with van der Waals surface area (Å²) in [6.45, 7) is 3.30. The Labute approximate surface area is 82.6 Å². The lowest BCUT2D eigenvalue weighted by Crippen LogP contribution is -2.26. The van der Waals surface area contributed by atoms with Gasteiger partial charge >= 0.3 is 11.9 Å². The third kappa shape index (κ3) is 2.58. The molecular formula is C10H14O4. The van der Waals surface area contributed by atoms with Crippen LogP contribution in [0, 0.1) is 11.8 Å². The Morgan fingerprint density at radius 3 is 2.14 bits per heavy atom. The van der Waals surface area contributed by atoms with Crippen LogP contribution < -0.4 is 0 Å². The Kier molecular flexibility index (Phi) is 3.68. The molecule has 0 bridgehead atoms. The molecule has 0 radical (unpaired) electrons. The first kappa shape index (κ1) is 10.8. The smallest absolute Gasteiger partial charge is 0.313 e. The molecule has 4 nitrogen and oxygen atoms in total. The van der Waals surface area contributed by atoms with Crippen molar-refractivity contribution in [1.82, 2.24) is 0 Å². The Bertz CT molecular complexity index is 239. The summed E-state index contributed by atoms with van der Waals surface area (Å²) in [7, 11) is 0. The summed E-state index contributed by atoms with van der Waals surface area (Å²) >= 11 is 0. The van der Waals surface area contributed by atoms with Gasteiger partial charge < -0.3 is 9.84 Å². The van der Waals surface area contributed by atoms with E-state index in [0.717, 1.165) is 6.26 Å². The second kappa shape index (κ2) is 4.79. The third-order valence-electron chi connectivity index (χ3n) is 2.61. The van der Waals surface area contributed by atoms with Crippen LogP contribution in [-0.2, 0) is 14.3 Å². The number of ether oxygens (including phenoxy) is 1. The van der Waals surface area contributed by atoms with Crippen molar-refractivity contribution in [3.63, 3.8) is 0 Å². The average molecular weight is 198 g/mol. The minimum atomic E-state index is -0.763. The predicted octanol–water partition coefficient (Wildman–Crippen LogP) is 1.56. The summed E-state index contributed by atoms with van der Waals surface area (Å²) in [5, 5.41) is 8.73. The molecule has 0 amide bonds. The second-order valence-corrected chi connectivity index (χ2v) is 3.49. The fourth-order valence-electron chi connectivity index (χ4n) is 1.75. The van der Waals surface area contributed by atoms with Crippen LogP contribution in [0.15, 0.2) is 12.8 Å². The van der Waals surface area contributed by atoms with E-state index in [9.17, 15) is 9.59 Å². The lowest BCUT2D eigenvalue weighted by molar-refractivity contribution is -0.148. The molecule has 0 saturated heterocycles. The highest BCUT2D eigenvalue weighted by Crippen LogP contribution is 2.29. The molecule has 4 heteroatoms. The summed E-state index contributed by atoms with van der Waals surface area (Å²) in [5.41, 5.74) is 0. The number of rotatable bonds is 3. The van der Waals surface area contributed by atoms with Crippen LogP contribution in [0.1, 0.15) is 25.7 Å². The molecule has 78 valence electrons. The van der Waals surface area contributed by atoms with Crippen LogP contribution >= 0.6 is 0 Å². The first-order valence-electron chi connectivity index (χ1n) is 4.69. The van der Waals surface area contributed by atoms with Crippen molar-refractivity contribution in [3.05, 3.63) is 12.8 Å². The average Bonchev–Trinajstić information content (AvgIpc) is 2.18. The molecule has 0 spiro atoms. The van der Waals surface area contributed by atoms with Gasteiger partial charge in [0.1, 0.15) is 0 Å². The number of carbonyl (C=O) groups is 2. The molecule has 0 aliphatic heterocycles. The lowest BCUT2D eigenvalue weighted by atomic mass is 9.82. The van der Waals surface area contributed by atoms with Gasteiger partial charge in [0.15, 0.2) is 0 Å². The van der Waals surface area contributed by atoms with Crippen molar-refractivity contribution in [2.75, 3.05) is 0 Å². The van der Waals surface area contributed by atoms with Crippen LogP contribution in [0.4, 0.5) is 0 Å². The van der Waals surface area contributed by atoms with Gasteiger partial charge in [-0.05, 0) is 25.7 Å². The van der Waals surface area contributed by atoms with Gasteiger partial charge in [-0.1, -0.05) is 6.58 Å². The van der Waals surface area contributed by atoms with E-state index in [1.165, 1.54) is 0 Å². The van der Waals surface area contributed by atoms with Crippen molar-refractivity contribution in [2.45, 2.75) is 25.7 Å². The molecular weight excluding hydrogens is 184 g/mol. The van der Waals surface area contributed by atoms with Gasteiger partial charge in [-0.25, -0.2) is 0 Å². The molecule has 0 aromatic rings. The molecule has 1 rings (SSSR count). The number of carbonyl (C=O) groups excluding carboxylic acids is 1. The summed E-state index contributed by atoms with van der Waals surface area (Å²) in [6.07, 6.45) is 3.44. The van der Waals surface area contributed by atoms with Crippen molar-refractivity contribution in [2.24, 2.45) is 11.8 Å². The highest BCUT2D eigenvalue weighted by atomic mass is 16.5. The van der Waals surface area contributed by atoms with Gasteiger partial charge in [-0.15, -0.1) is 0 Å². The van der Waals surface area contributed by atoms with Crippen molar-refractivity contribution < 1.29 is 19.4 Å². The Hall–Kier alpha value is -1.32. The molecule has 0 atom stereocenters. The molecule has 0 unspecified atom stereocenters. The normalized spacial score (nSPS) is 26.6. The maximum atomic E-state index is 11.2. The summed E-state index contributed by atoms with van der Waals surface area (Å²) in [5.74, 6) is -1.49. The topological polar surface area (TPSA) is 63.6 Å². The Morgan fingerprint density at radius 1 is 1.21 bits per heavy atom. The summed E-state index contributed by atoms with van der Waals surface area (Å²) in [6, 6.07) is 0. The van der Waals surface area contributed by atoms with E-state index in [4.69, 9.17) is 5.11 Å². The SMILES string of the molecule is C=COC(=O)C1CCC(C(=O)O)CC1. The lowest BCUT2D eigenvalue weighted by Gasteiger charge is -2.23. The quantitative estimate of drug-likeness (QED) is 0.552. The van der Waals surface area contributed by atoms with Gasteiger partial charge in [0.25, 0.3) is 0 Å². The second-order valence-electron chi connectivity index (χ2n) is 3.49. The number of hydrogen-bond acceptors (Lipinski definition) is 3. The van der Waals surface area contributed by atoms with E-state index in [0.29, 0.717) is 25.7 Å². The van der Waals surface area contributed by atoms with Crippen molar-refractivity contribution in [3.8, 4) is 0 Å². The zero-order chi connectivity index (χ0) is 10.6. The maximum absolute atomic E-state index is 11.2. The van der Waals surface area contributed by atoms with E-state index >= 15 is 0 Å². The zero-order valence-corrected chi connectivity index (χ0v) is 7.94. The number of aliphatic carboxylic acids is 1. The highest BCUT2D eigenvalue weighted by molar-refractivity contribution is 5.74. The van der Waals surface area contributed by atoms with Crippen molar-refractivity contribution >= 4 is 11.9 Å². The molecule has 0 heterocycles. The third-order valence-corrected chi connectivity index (χ3v) is 2.61. The fourth-order valence-corrected chi connectivity index (χ4v) is 1.75. The standard InChI is InChI=1S/C10H14O4/c1-2-14-10(13)8-5-3-7(4-6-8)9(11)12/h2,7-8H,1,3-6H2,(H,11,12). The molecule has 1 aliphatic rings. The summed E-state index contributed by atoms with van der Waals surface area (Å²) < 4.78 is 4.65. The van der Waals surface area contributed by atoms with Crippen molar-refractivity contribution in [1.29, 1.82) is 0 Å². The number of esters is 1. The Balaban J connectivity index is 2.38. The fraction of sp³-hybridized carbons (Fsp3) is 0.600. The van der Waals surface area contributed by atoms with Crippen LogP contribution in [0.5, 0.6) is 0 Å². The molecule has 0 aromatic heterocycles. The van der Waals surface area contributed by atoms with Crippen LogP contribution in [0.25, 0.3) is 0 Å². The van der Waals surface area contributed by atoms with Gasteiger partial charge in [0.2, 0.25) is 0 Å². The van der Waals surface area contributed by atoms with Crippen LogP contribution in [-0.4, -0.2) is 17.0 Å². The first-order valence-corrected chi connectivity index (χ1v) is 4.69. The highest BCUT2D eigenvalue weighted by Gasteiger charge is 2.30. The maximum Gasteiger partial charge on any atom is 0.313 e. The van der Waals surface area contributed by atoms with Gasteiger partial charge in [-0.2, -0.15) is 0 Å². The van der Waals surface area contributed by atoms with Gasteiger partial charge in [0.05, 0.1) is 18.1 Å². The molecule has 14 heavy (non-hydrogen) atoms. The largest absolute Gasteiger partial charge is 0.481 e. The van der Waals surface area contributed by atoms with E-state index in [1.54, 1.807) is 0 Å². The van der Waals surface area contributed by atoms with Crippen LogP contribution in [0.3, 0.4) is 0 Å². The number of hydrogen-bond donors (Lipinski definition) is 1.